The van der Waals surface area contributed by atoms with Gasteiger partial charge in [0.25, 0.3) is 0 Å². The van der Waals surface area contributed by atoms with Gasteiger partial charge in [-0.1, -0.05) is 43.5 Å². The van der Waals surface area contributed by atoms with Crippen LogP contribution in [0, 0.1) is 12.8 Å². The van der Waals surface area contributed by atoms with Crippen molar-refractivity contribution in [3.05, 3.63) is 42.0 Å². The smallest absolute Gasteiger partial charge is 0.243 e. The Morgan fingerprint density at radius 3 is 1.97 bits per heavy atom. The zero-order valence-electron chi connectivity index (χ0n) is 22.4. The minimum absolute atomic E-state index is 0.114. The molecule has 204 valence electrons. The molecule has 36 heavy (non-hydrogen) atoms. The highest BCUT2D eigenvalue weighted by atomic mass is 32.2. The molecule has 1 saturated carbocycles. The quantitative estimate of drug-likeness (QED) is 0.505. The molecule has 1 heterocycles. The van der Waals surface area contributed by atoms with Crippen molar-refractivity contribution in [2.75, 3.05) is 45.8 Å². The molecule has 2 fully saturated rings. The molecule has 7 nitrogen and oxygen atoms in total. The van der Waals surface area contributed by atoms with Crippen LogP contribution in [0.15, 0.2) is 41.3 Å². The second-order valence-corrected chi connectivity index (χ2v) is 15.3. The molecule has 0 N–H and O–H groups in total. The number of hydrogen-bond donors (Lipinski definition) is 0. The summed E-state index contributed by atoms with van der Waals surface area (Å²) in [5, 5.41) is -0.538. The van der Waals surface area contributed by atoms with Crippen molar-refractivity contribution < 1.29 is 16.8 Å². The first kappa shape index (κ1) is 29.3. The van der Waals surface area contributed by atoms with Crippen LogP contribution in [0.5, 0.6) is 0 Å². The minimum atomic E-state index is -3.73. The third-order valence-electron chi connectivity index (χ3n) is 7.42. The van der Waals surface area contributed by atoms with Crippen LogP contribution in [-0.4, -0.2) is 81.4 Å². The van der Waals surface area contributed by atoms with Crippen LogP contribution in [0.3, 0.4) is 0 Å². The maximum absolute atomic E-state index is 13.6. The van der Waals surface area contributed by atoms with Crippen molar-refractivity contribution in [2.45, 2.75) is 75.9 Å². The van der Waals surface area contributed by atoms with Gasteiger partial charge in [0, 0.05) is 32.7 Å². The Balaban J connectivity index is 1.85. The first-order chi connectivity index (χ1) is 17.0. The van der Waals surface area contributed by atoms with Gasteiger partial charge in [0.1, 0.15) is 0 Å². The number of hydrogen-bond acceptors (Lipinski definition) is 5. The fourth-order valence-electron chi connectivity index (χ4n) is 5.26. The van der Waals surface area contributed by atoms with E-state index in [4.69, 9.17) is 0 Å². The second kappa shape index (κ2) is 13.0. The molecule has 1 aromatic carbocycles. The summed E-state index contributed by atoms with van der Waals surface area (Å²) >= 11 is 0. The average Bonchev–Trinajstić information content (AvgIpc) is 2.82. The van der Waals surface area contributed by atoms with E-state index in [1.165, 1.54) is 40.7 Å². The number of benzene rings is 1. The zero-order chi connectivity index (χ0) is 26.3. The highest BCUT2D eigenvalue weighted by Crippen LogP contribution is 2.25. The van der Waals surface area contributed by atoms with E-state index in [0.717, 1.165) is 38.0 Å². The Hall–Kier alpha value is -1.26. The van der Waals surface area contributed by atoms with Crippen LogP contribution in [0.25, 0.3) is 0 Å². The molecule has 0 aromatic heterocycles. The second-order valence-electron chi connectivity index (χ2n) is 10.8. The molecule has 0 amide bonds. The molecule has 2 aliphatic rings. The molecule has 0 radical (unpaired) electrons. The van der Waals surface area contributed by atoms with Gasteiger partial charge in [-0.15, -0.1) is 0 Å². The van der Waals surface area contributed by atoms with E-state index >= 15 is 0 Å². The van der Waals surface area contributed by atoms with Crippen molar-refractivity contribution in [3.8, 4) is 0 Å². The molecule has 1 aromatic rings. The largest absolute Gasteiger partial charge is 0.303 e. The van der Waals surface area contributed by atoms with Gasteiger partial charge in [-0.05, 0) is 83.2 Å². The molecular formula is C27H45N3O4S2. The van der Waals surface area contributed by atoms with Gasteiger partial charge in [0.15, 0.2) is 0 Å². The summed E-state index contributed by atoms with van der Waals surface area (Å²) in [4.78, 5) is 2.70. The van der Waals surface area contributed by atoms with Gasteiger partial charge in [-0.25, -0.2) is 16.8 Å². The third kappa shape index (κ3) is 7.87. The van der Waals surface area contributed by atoms with E-state index in [1.54, 1.807) is 38.1 Å². The van der Waals surface area contributed by atoms with Crippen molar-refractivity contribution in [1.82, 2.24) is 13.5 Å². The Morgan fingerprint density at radius 2 is 1.39 bits per heavy atom. The number of nitrogens with zero attached hydrogens (tertiary/aromatic N) is 3. The summed E-state index contributed by atoms with van der Waals surface area (Å²) in [7, 11) is -7.22. The molecule has 1 aliphatic heterocycles. The fourth-order valence-corrected chi connectivity index (χ4v) is 8.10. The average molecular weight is 540 g/mol. The number of sulfonamides is 2. The topological polar surface area (TPSA) is 78.0 Å². The molecule has 1 aliphatic carbocycles. The Bertz CT molecular complexity index is 1060. The van der Waals surface area contributed by atoms with Gasteiger partial charge in [-0.3, -0.25) is 0 Å². The van der Waals surface area contributed by atoms with Crippen LogP contribution < -0.4 is 0 Å². The van der Waals surface area contributed by atoms with Gasteiger partial charge < -0.3 is 4.90 Å². The number of rotatable bonds is 6. The lowest BCUT2D eigenvalue weighted by molar-refractivity contribution is 0.188. The summed E-state index contributed by atoms with van der Waals surface area (Å²) < 4.78 is 56.4. The summed E-state index contributed by atoms with van der Waals surface area (Å²) in [6.45, 7) is 13.1. The Kier molecular flexibility index (Phi) is 10.6. The van der Waals surface area contributed by atoms with E-state index < -0.39 is 25.3 Å². The van der Waals surface area contributed by atoms with Gasteiger partial charge in [-0.2, -0.15) is 8.61 Å². The third-order valence-corrected chi connectivity index (χ3v) is 11.5. The molecule has 0 bridgehead atoms. The summed E-state index contributed by atoms with van der Waals surface area (Å²) in [5.74, 6) is 0.675. The first-order valence-corrected chi connectivity index (χ1v) is 16.4. The van der Waals surface area contributed by atoms with Crippen LogP contribution in [0.4, 0.5) is 0 Å². The van der Waals surface area contributed by atoms with E-state index in [2.05, 4.69) is 11.5 Å². The maximum Gasteiger partial charge on any atom is 0.243 e. The zero-order valence-corrected chi connectivity index (χ0v) is 24.0. The van der Waals surface area contributed by atoms with Gasteiger partial charge >= 0.3 is 0 Å². The highest BCUT2D eigenvalue weighted by molar-refractivity contribution is 7.89. The van der Waals surface area contributed by atoms with E-state index in [-0.39, 0.29) is 18.0 Å². The predicted octanol–water partition coefficient (Wildman–Crippen LogP) is 4.26. The normalized spacial score (nSPS) is 21.8. The van der Waals surface area contributed by atoms with Crippen LogP contribution in [-0.2, 0) is 20.0 Å². The maximum atomic E-state index is 13.6. The lowest BCUT2D eigenvalue weighted by Gasteiger charge is -2.33. The van der Waals surface area contributed by atoms with E-state index in [9.17, 15) is 16.8 Å². The van der Waals surface area contributed by atoms with Crippen molar-refractivity contribution in [2.24, 2.45) is 5.92 Å². The first-order valence-electron chi connectivity index (χ1n) is 13.4. The molecule has 0 unspecified atom stereocenters. The summed E-state index contributed by atoms with van der Waals surface area (Å²) in [5.41, 5.74) is 1.59. The molecule has 0 atom stereocenters. The predicted molar refractivity (Wildman–Crippen MR) is 147 cm³/mol. The van der Waals surface area contributed by atoms with E-state index in [1.807, 2.05) is 6.92 Å². The van der Waals surface area contributed by atoms with Gasteiger partial charge in [0.2, 0.25) is 20.0 Å². The van der Waals surface area contributed by atoms with Crippen molar-refractivity contribution >= 4 is 20.0 Å². The molecule has 0 spiro atoms. The summed E-state index contributed by atoms with van der Waals surface area (Å²) in [6, 6.07) is 6.91. The van der Waals surface area contributed by atoms with Crippen molar-refractivity contribution in [3.63, 3.8) is 0 Å². The molecule has 9 heteroatoms. The SMILES string of the molecule is C=C1CN(S(=O)(=O)c2ccc(C)cc2)CCCN(CC2CCCCC2)CCCN(S(=O)(=O)C(C)C)C1. The summed E-state index contributed by atoms with van der Waals surface area (Å²) in [6.07, 6.45) is 7.87. The van der Waals surface area contributed by atoms with Crippen LogP contribution in [0.1, 0.15) is 64.4 Å². The standard InChI is InChI=1S/C27H45N3O4S2/c1-23(2)35(31,32)29-18-8-16-28(22-26-10-6-5-7-11-26)17-9-19-30(21-25(4)20-29)36(33,34)27-14-12-24(3)13-15-27/h12-15,23,26H,4-11,16-22H2,1-3H3. The van der Waals surface area contributed by atoms with Crippen LogP contribution in [0.2, 0.25) is 0 Å². The monoisotopic (exact) mass is 539 g/mol. The Morgan fingerprint density at radius 1 is 0.833 bits per heavy atom. The van der Waals surface area contributed by atoms with E-state index in [0.29, 0.717) is 24.6 Å². The molecule has 1 saturated heterocycles. The lowest BCUT2D eigenvalue weighted by Crippen LogP contribution is -2.43. The minimum Gasteiger partial charge on any atom is -0.303 e. The molecule has 3 rings (SSSR count). The number of aryl methyl sites for hydroxylation is 1. The molecular weight excluding hydrogens is 494 g/mol. The van der Waals surface area contributed by atoms with Crippen molar-refractivity contribution in [1.29, 1.82) is 0 Å². The van der Waals surface area contributed by atoms with Gasteiger partial charge in [0.05, 0.1) is 10.1 Å². The Labute approximate surface area is 219 Å². The highest BCUT2D eigenvalue weighted by Gasteiger charge is 2.30. The lowest BCUT2D eigenvalue weighted by atomic mass is 9.89. The van der Waals surface area contributed by atoms with Crippen LogP contribution >= 0.6 is 0 Å². The fraction of sp³-hybridized carbons (Fsp3) is 0.704.